The summed E-state index contributed by atoms with van der Waals surface area (Å²) in [7, 11) is 0. The summed E-state index contributed by atoms with van der Waals surface area (Å²) in [6, 6.07) is 3.01. The van der Waals surface area contributed by atoms with E-state index < -0.39 is 17.7 Å². The van der Waals surface area contributed by atoms with Crippen molar-refractivity contribution >= 4 is 22.7 Å². The number of anilines is 2. The molecule has 3 heterocycles. The highest BCUT2D eigenvalue weighted by molar-refractivity contribution is 5.85. The maximum absolute atomic E-state index is 13.8. The molecule has 0 saturated carbocycles. The lowest BCUT2D eigenvalue weighted by molar-refractivity contribution is 0.0592. The van der Waals surface area contributed by atoms with Gasteiger partial charge in [0.2, 0.25) is 0 Å². The maximum atomic E-state index is 13.8. The number of hydrogen-bond acceptors (Lipinski definition) is 5. The van der Waals surface area contributed by atoms with E-state index in [0.29, 0.717) is 6.61 Å². The molecular weight excluding hydrogens is 323 g/mol. The number of imidazole rings is 1. The van der Waals surface area contributed by atoms with E-state index in [1.807, 2.05) is 0 Å². The van der Waals surface area contributed by atoms with Crippen LogP contribution in [0.2, 0.25) is 0 Å². The van der Waals surface area contributed by atoms with Crippen molar-refractivity contribution in [1.82, 2.24) is 19.5 Å². The Hall–Kier alpha value is -2.68. The second-order valence-electron chi connectivity index (χ2n) is 5.38. The maximum Gasteiger partial charge on any atom is 0.312 e. The van der Waals surface area contributed by atoms with E-state index in [4.69, 9.17) is 4.74 Å². The zero-order valence-electron chi connectivity index (χ0n) is 12.3. The highest BCUT2D eigenvalue weighted by Gasteiger charge is 2.22. The minimum atomic E-state index is -0.979. The van der Waals surface area contributed by atoms with Crippen molar-refractivity contribution in [3.8, 4) is 0 Å². The fraction of sp³-hybridized carbons (Fsp3) is 0.267. The number of halogens is 3. The summed E-state index contributed by atoms with van der Waals surface area (Å²) in [5.74, 6) is -1.53. The Morgan fingerprint density at radius 1 is 1.21 bits per heavy atom. The van der Waals surface area contributed by atoms with Gasteiger partial charge >= 0.3 is 6.08 Å². The molecule has 3 aromatic rings. The zero-order valence-corrected chi connectivity index (χ0v) is 12.3. The van der Waals surface area contributed by atoms with Crippen LogP contribution in [0, 0.1) is 17.7 Å². The largest absolute Gasteiger partial charge is 0.358 e. The molecule has 2 aromatic heterocycles. The van der Waals surface area contributed by atoms with Gasteiger partial charge in [-0.25, -0.2) is 13.8 Å². The summed E-state index contributed by atoms with van der Waals surface area (Å²) < 4.78 is 47.8. The third-order valence-corrected chi connectivity index (χ3v) is 3.79. The highest BCUT2D eigenvalue weighted by atomic mass is 19.1. The van der Waals surface area contributed by atoms with Crippen LogP contribution in [0.3, 0.4) is 0 Å². The van der Waals surface area contributed by atoms with Gasteiger partial charge in [-0.15, -0.1) is 0 Å². The Morgan fingerprint density at radius 2 is 2.08 bits per heavy atom. The predicted molar refractivity (Wildman–Crippen MR) is 79.1 cm³/mol. The van der Waals surface area contributed by atoms with Gasteiger partial charge in [0.15, 0.2) is 17.0 Å². The number of hydrogen-bond donors (Lipinski definition) is 1. The van der Waals surface area contributed by atoms with Crippen LogP contribution in [-0.2, 0) is 4.74 Å². The summed E-state index contributed by atoms with van der Waals surface area (Å²) in [5, 5.41) is 2.64. The Kier molecular flexibility index (Phi) is 3.57. The Labute approximate surface area is 134 Å². The van der Waals surface area contributed by atoms with Gasteiger partial charge in [0.05, 0.1) is 12.0 Å². The molecule has 1 fully saturated rings. The van der Waals surface area contributed by atoms with Crippen molar-refractivity contribution in [1.29, 1.82) is 0 Å². The lowest BCUT2D eigenvalue weighted by Crippen LogP contribution is -2.08. The third-order valence-electron chi connectivity index (χ3n) is 3.79. The highest BCUT2D eigenvalue weighted by Crippen LogP contribution is 2.29. The quantitative estimate of drug-likeness (QED) is 0.744. The number of nitrogens with one attached hydrogen (secondary N) is 1. The van der Waals surface area contributed by atoms with Crippen LogP contribution in [0.15, 0.2) is 24.5 Å². The van der Waals surface area contributed by atoms with E-state index in [1.165, 1.54) is 12.4 Å². The van der Waals surface area contributed by atoms with Gasteiger partial charge < -0.3 is 10.1 Å². The molecule has 4 rings (SSSR count). The van der Waals surface area contributed by atoms with Crippen molar-refractivity contribution in [3.63, 3.8) is 0 Å². The van der Waals surface area contributed by atoms with E-state index in [0.717, 1.165) is 25.0 Å². The molecule has 0 bridgehead atoms. The second-order valence-corrected chi connectivity index (χ2v) is 5.38. The minimum absolute atomic E-state index is 0.000227. The number of ether oxygens (including phenoxy) is 1. The summed E-state index contributed by atoms with van der Waals surface area (Å²) in [4.78, 5) is 11.6. The first-order valence-electron chi connectivity index (χ1n) is 7.35. The van der Waals surface area contributed by atoms with Crippen LogP contribution in [0.1, 0.15) is 19.1 Å². The molecule has 124 valence electrons. The van der Waals surface area contributed by atoms with Crippen molar-refractivity contribution in [2.75, 3.05) is 11.9 Å². The SMILES string of the molecule is Fc1ccc(Nc2nc(F)nc3c2ncn3C2CCCO2)c(F)c1. The number of fused-ring (bicyclic) bond motifs is 1. The normalized spacial score (nSPS) is 17.5. The van der Waals surface area contributed by atoms with Crippen LogP contribution in [0.5, 0.6) is 0 Å². The van der Waals surface area contributed by atoms with Gasteiger partial charge in [-0.3, -0.25) is 4.57 Å². The Morgan fingerprint density at radius 3 is 2.83 bits per heavy atom. The summed E-state index contributed by atoms with van der Waals surface area (Å²) >= 11 is 0. The van der Waals surface area contributed by atoms with E-state index in [2.05, 4.69) is 20.3 Å². The van der Waals surface area contributed by atoms with Crippen molar-refractivity contribution in [2.24, 2.45) is 0 Å². The Balaban J connectivity index is 1.77. The molecular formula is C15H12F3N5O. The standard InChI is InChI=1S/C15H12F3N5O/c16-8-3-4-10(9(17)6-8)20-13-12-14(22-15(18)21-13)23(7-19-12)11-2-1-5-24-11/h3-4,6-7,11H,1-2,5H2,(H,20,21,22). The van der Waals surface area contributed by atoms with Crippen LogP contribution in [0.25, 0.3) is 11.2 Å². The van der Waals surface area contributed by atoms with E-state index in [1.54, 1.807) is 4.57 Å². The summed E-state index contributed by atoms with van der Waals surface area (Å²) in [5.41, 5.74) is 0.484. The lowest BCUT2D eigenvalue weighted by Gasteiger charge is -2.12. The van der Waals surface area contributed by atoms with Crippen molar-refractivity contribution < 1.29 is 17.9 Å². The molecule has 1 aliphatic rings. The molecule has 1 aromatic carbocycles. The molecule has 1 saturated heterocycles. The monoisotopic (exact) mass is 335 g/mol. The van der Waals surface area contributed by atoms with Crippen LogP contribution >= 0.6 is 0 Å². The third kappa shape index (κ3) is 2.56. The first-order chi connectivity index (χ1) is 11.6. The van der Waals surface area contributed by atoms with Gasteiger partial charge in [0.25, 0.3) is 0 Å². The number of rotatable bonds is 3. The van der Waals surface area contributed by atoms with Crippen molar-refractivity contribution in [3.05, 3.63) is 42.2 Å². The van der Waals surface area contributed by atoms with Crippen molar-refractivity contribution in [2.45, 2.75) is 19.1 Å². The molecule has 1 aliphatic heterocycles. The predicted octanol–water partition coefficient (Wildman–Crippen LogP) is 3.30. The molecule has 1 unspecified atom stereocenters. The number of aromatic nitrogens is 4. The van der Waals surface area contributed by atoms with Crippen LogP contribution in [0.4, 0.5) is 24.7 Å². The molecule has 1 N–H and O–H groups in total. The number of benzene rings is 1. The van der Waals surface area contributed by atoms with Gasteiger partial charge in [-0.2, -0.15) is 14.4 Å². The van der Waals surface area contributed by atoms with Crippen LogP contribution in [-0.4, -0.2) is 26.1 Å². The molecule has 0 spiro atoms. The van der Waals surface area contributed by atoms with Gasteiger partial charge in [-0.1, -0.05) is 0 Å². The Bertz CT molecular complexity index is 908. The molecule has 0 radical (unpaired) electrons. The number of nitrogens with zero attached hydrogens (tertiary/aromatic N) is 4. The fourth-order valence-corrected chi connectivity index (χ4v) is 2.69. The molecule has 0 amide bonds. The molecule has 0 aliphatic carbocycles. The molecule has 24 heavy (non-hydrogen) atoms. The zero-order chi connectivity index (χ0) is 16.7. The second kappa shape index (κ2) is 5.75. The minimum Gasteiger partial charge on any atom is -0.358 e. The molecule has 1 atom stereocenters. The average Bonchev–Trinajstić information content (AvgIpc) is 3.18. The first-order valence-corrected chi connectivity index (χ1v) is 7.35. The van der Waals surface area contributed by atoms with E-state index >= 15 is 0 Å². The van der Waals surface area contributed by atoms with Gasteiger partial charge in [-0.05, 0) is 25.0 Å². The smallest absolute Gasteiger partial charge is 0.312 e. The average molecular weight is 335 g/mol. The summed E-state index contributed by atoms with van der Waals surface area (Å²) in [6.07, 6.45) is 1.91. The van der Waals surface area contributed by atoms with E-state index in [9.17, 15) is 13.2 Å². The summed E-state index contributed by atoms with van der Waals surface area (Å²) in [6.45, 7) is 0.615. The fourth-order valence-electron chi connectivity index (χ4n) is 2.69. The van der Waals surface area contributed by atoms with Gasteiger partial charge in [0, 0.05) is 12.7 Å². The molecule has 6 nitrogen and oxygen atoms in total. The first kappa shape index (κ1) is 14.9. The van der Waals surface area contributed by atoms with Crippen LogP contribution < -0.4 is 5.32 Å². The van der Waals surface area contributed by atoms with Gasteiger partial charge in [0.1, 0.15) is 17.9 Å². The lowest BCUT2D eigenvalue weighted by atomic mass is 10.3. The molecule has 9 heteroatoms. The van der Waals surface area contributed by atoms with E-state index in [-0.39, 0.29) is 28.9 Å². The topological polar surface area (TPSA) is 64.9 Å².